The molecule has 0 heterocycles. The van der Waals surface area contributed by atoms with Crippen molar-refractivity contribution in [1.82, 2.24) is 5.32 Å². The van der Waals surface area contributed by atoms with Crippen molar-refractivity contribution < 1.29 is 28.8 Å². The fourth-order valence-electron chi connectivity index (χ4n) is 8.41. The Morgan fingerprint density at radius 1 is 0.431 bits per heavy atom. The largest absolute Gasteiger partial charge is 0.469 e. The van der Waals surface area contributed by atoms with Crippen molar-refractivity contribution in [2.45, 2.75) is 309 Å². The van der Waals surface area contributed by atoms with E-state index in [-0.39, 0.29) is 5.91 Å². The fraction of sp³-hybridized carbons (Fsp3) is 0.980. The fourth-order valence-corrected chi connectivity index (χ4v) is 8.76. The first kappa shape index (κ1) is 57.5. The molecular formula is C50H102NO6P. The lowest BCUT2D eigenvalue weighted by atomic mass is 10.0. The highest BCUT2D eigenvalue weighted by atomic mass is 31.2. The van der Waals surface area contributed by atoms with Crippen LogP contribution < -0.4 is 5.32 Å². The summed E-state index contributed by atoms with van der Waals surface area (Å²) in [6.07, 6.45) is 55.6. The van der Waals surface area contributed by atoms with Crippen molar-refractivity contribution in [1.29, 1.82) is 0 Å². The first-order valence-electron chi connectivity index (χ1n) is 26.0. The zero-order valence-electron chi connectivity index (χ0n) is 39.0. The molecule has 0 saturated carbocycles. The standard InChI is InChI=1S/C50H102NO6P/c1-3-5-7-9-11-13-15-17-18-19-20-21-22-23-24-25-26-27-28-29-30-31-32-33-34-36-38-40-42-44-46-50(53)51-48(47-57-58(54,55)56)49(52)45-43-41-39-37-35-16-14-12-10-8-6-4-2/h48-49,52H,3-47H2,1-2H3,(H,51,53)(H2,54,55,56)/t48-,49+/m0/s1. The minimum absolute atomic E-state index is 0.187. The molecule has 348 valence electrons. The molecule has 58 heavy (non-hydrogen) atoms. The third kappa shape index (κ3) is 46.6. The smallest absolute Gasteiger partial charge is 0.391 e. The van der Waals surface area contributed by atoms with Crippen molar-refractivity contribution in [2.24, 2.45) is 0 Å². The molecule has 0 aromatic heterocycles. The number of unbranched alkanes of at least 4 members (excludes halogenated alkanes) is 40. The summed E-state index contributed by atoms with van der Waals surface area (Å²) >= 11 is 0. The molecular weight excluding hydrogens is 742 g/mol. The molecule has 7 nitrogen and oxygen atoms in total. The predicted molar refractivity (Wildman–Crippen MR) is 250 cm³/mol. The van der Waals surface area contributed by atoms with Gasteiger partial charge in [0, 0.05) is 6.42 Å². The summed E-state index contributed by atoms with van der Waals surface area (Å²) in [7, 11) is -4.69. The SMILES string of the molecule is CCCCCCCCCCCCCCCCCCCCCCCCCCCCCCCCC(=O)N[C@@H](COP(=O)(O)O)[C@H](O)CCCCCCCCCCCCCC. The van der Waals surface area contributed by atoms with Crippen molar-refractivity contribution >= 4 is 13.7 Å². The number of hydrogen-bond acceptors (Lipinski definition) is 4. The topological polar surface area (TPSA) is 116 Å². The van der Waals surface area contributed by atoms with Gasteiger partial charge in [-0.05, 0) is 12.8 Å². The number of hydrogen-bond donors (Lipinski definition) is 4. The average molecular weight is 844 g/mol. The zero-order chi connectivity index (χ0) is 42.5. The van der Waals surface area contributed by atoms with E-state index >= 15 is 0 Å². The Morgan fingerprint density at radius 2 is 0.672 bits per heavy atom. The monoisotopic (exact) mass is 844 g/mol. The molecule has 0 aromatic carbocycles. The predicted octanol–water partition coefficient (Wildman–Crippen LogP) is 16.1. The van der Waals surface area contributed by atoms with Crippen molar-refractivity contribution in [3.63, 3.8) is 0 Å². The van der Waals surface area contributed by atoms with Crippen molar-refractivity contribution in [2.75, 3.05) is 6.61 Å². The maximum atomic E-state index is 12.6. The van der Waals surface area contributed by atoms with E-state index in [0.717, 1.165) is 38.5 Å². The van der Waals surface area contributed by atoms with Gasteiger partial charge in [-0.2, -0.15) is 0 Å². The number of carbonyl (C=O) groups is 1. The van der Waals surface area contributed by atoms with Crippen LogP contribution in [0.2, 0.25) is 0 Å². The van der Waals surface area contributed by atoms with E-state index in [1.807, 2.05) is 0 Å². The number of carbonyl (C=O) groups excluding carboxylic acids is 1. The molecule has 0 aromatic rings. The highest BCUT2D eigenvalue weighted by molar-refractivity contribution is 7.46. The van der Waals surface area contributed by atoms with E-state index in [0.29, 0.717) is 12.8 Å². The highest BCUT2D eigenvalue weighted by Crippen LogP contribution is 2.36. The number of phosphoric acid groups is 1. The average Bonchev–Trinajstić information content (AvgIpc) is 3.20. The van der Waals surface area contributed by atoms with E-state index in [1.54, 1.807) is 0 Å². The lowest BCUT2D eigenvalue weighted by Crippen LogP contribution is -2.46. The summed E-state index contributed by atoms with van der Waals surface area (Å²) in [5.41, 5.74) is 0. The van der Waals surface area contributed by atoms with Crippen LogP contribution in [0.3, 0.4) is 0 Å². The van der Waals surface area contributed by atoms with Gasteiger partial charge in [-0.25, -0.2) is 4.57 Å². The molecule has 1 amide bonds. The van der Waals surface area contributed by atoms with Gasteiger partial charge in [0.05, 0.1) is 18.8 Å². The molecule has 0 rings (SSSR count). The molecule has 0 fully saturated rings. The number of nitrogens with one attached hydrogen (secondary N) is 1. The van der Waals surface area contributed by atoms with E-state index in [9.17, 15) is 24.3 Å². The molecule has 0 radical (unpaired) electrons. The maximum Gasteiger partial charge on any atom is 0.469 e. The number of phosphoric ester groups is 1. The third-order valence-electron chi connectivity index (χ3n) is 12.3. The minimum Gasteiger partial charge on any atom is -0.391 e. The Labute approximate surface area is 361 Å². The Kier molecular flexibility index (Phi) is 45.7. The Balaban J connectivity index is 3.63. The quantitative estimate of drug-likeness (QED) is 0.0358. The van der Waals surface area contributed by atoms with E-state index < -0.39 is 26.6 Å². The summed E-state index contributed by atoms with van der Waals surface area (Å²) in [5.74, 6) is -0.187. The van der Waals surface area contributed by atoms with Crippen LogP contribution in [-0.2, 0) is 13.9 Å². The van der Waals surface area contributed by atoms with Gasteiger partial charge in [-0.15, -0.1) is 0 Å². The molecule has 4 N–H and O–H groups in total. The van der Waals surface area contributed by atoms with Crippen LogP contribution >= 0.6 is 7.82 Å². The van der Waals surface area contributed by atoms with Gasteiger partial charge in [-0.3, -0.25) is 9.32 Å². The lowest BCUT2D eigenvalue weighted by Gasteiger charge is -2.24. The molecule has 0 aliphatic heterocycles. The molecule has 0 saturated heterocycles. The van der Waals surface area contributed by atoms with Crippen LogP contribution in [0.1, 0.15) is 296 Å². The lowest BCUT2D eigenvalue weighted by molar-refractivity contribution is -0.123. The molecule has 2 atom stereocenters. The second kappa shape index (κ2) is 46.1. The van der Waals surface area contributed by atoms with Crippen molar-refractivity contribution in [3.05, 3.63) is 0 Å². The second-order valence-corrected chi connectivity index (χ2v) is 19.4. The molecule has 0 aliphatic rings. The molecule has 8 heteroatoms. The first-order chi connectivity index (χ1) is 28.3. The van der Waals surface area contributed by atoms with E-state index in [2.05, 4.69) is 23.7 Å². The van der Waals surface area contributed by atoms with Crippen LogP contribution in [0, 0.1) is 0 Å². The van der Waals surface area contributed by atoms with Crippen LogP contribution in [-0.4, -0.2) is 39.6 Å². The van der Waals surface area contributed by atoms with Gasteiger partial charge in [0.25, 0.3) is 0 Å². The number of rotatable bonds is 49. The number of amides is 1. The van der Waals surface area contributed by atoms with Crippen LogP contribution in [0.25, 0.3) is 0 Å². The number of aliphatic hydroxyl groups excluding tert-OH is 1. The Morgan fingerprint density at radius 3 is 0.931 bits per heavy atom. The highest BCUT2D eigenvalue weighted by Gasteiger charge is 2.25. The summed E-state index contributed by atoms with van der Waals surface area (Å²) in [4.78, 5) is 31.0. The van der Waals surface area contributed by atoms with Gasteiger partial charge in [0.2, 0.25) is 5.91 Å². The first-order valence-corrected chi connectivity index (χ1v) is 27.5. The Hall–Kier alpha value is -0.460. The van der Waals surface area contributed by atoms with Crippen LogP contribution in [0.5, 0.6) is 0 Å². The van der Waals surface area contributed by atoms with Gasteiger partial charge in [-0.1, -0.05) is 277 Å². The summed E-state index contributed by atoms with van der Waals surface area (Å²) in [5, 5.41) is 13.6. The number of aliphatic hydroxyl groups is 1. The molecule has 0 spiro atoms. The molecule has 0 bridgehead atoms. The van der Waals surface area contributed by atoms with E-state index in [1.165, 1.54) is 231 Å². The Bertz CT molecular complexity index is 869. The summed E-state index contributed by atoms with van der Waals surface area (Å²) < 4.78 is 16.0. The summed E-state index contributed by atoms with van der Waals surface area (Å²) in [6.45, 7) is 4.15. The maximum absolute atomic E-state index is 12.6. The van der Waals surface area contributed by atoms with E-state index in [4.69, 9.17) is 0 Å². The molecule has 0 aliphatic carbocycles. The normalized spacial score (nSPS) is 13.0. The van der Waals surface area contributed by atoms with Gasteiger partial charge >= 0.3 is 7.82 Å². The van der Waals surface area contributed by atoms with Gasteiger partial charge in [0.1, 0.15) is 0 Å². The minimum atomic E-state index is -4.69. The van der Waals surface area contributed by atoms with Gasteiger partial charge in [0.15, 0.2) is 0 Å². The summed E-state index contributed by atoms with van der Waals surface area (Å²) in [6, 6.07) is -0.818. The zero-order valence-corrected chi connectivity index (χ0v) is 39.9. The molecule has 0 unspecified atom stereocenters. The van der Waals surface area contributed by atoms with Crippen LogP contribution in [0.4, 0.5) is 0 Å². The second-order valence-electron chi connectivity index (χ2n) is 18.2. The van der Waals surface area contributed by atoms with Gasteiger partial charge < -0.3 is 20.2 Å². The van der Waals surface area contributed by atoms with Crippen LogP contribution in [0.15, 0.2) is 0 Å². The van der Waals surface area contributed by atoms with Crippen molar-refractivity contribution in [3.8, 4) is 0 Å². The third-order valence-corrected chi connectivity index (χ3v) is 12.8.